The summed E-state index contributed by atoms with van der Waals surface area (Å²) in [5, 5.41) is 4.28. The van der Waals surface area contributed by atoms with Crippen molar-refractivity contribution < 1.29 is 12.8 Å². The Kier molecular flexibility index (Phi) is 3.01. The van der Waals surface area contributed by atoms with Crippen LogP contribution in [-0.2, 0) is 9.84 Å². The van der Waals surface area contributed by atoms with E-state index in [0.717, 1.165) is 0 Å². The topological polar surface area (TPSA) is 78.0 Å². The second-order valence-electron chi connectivity index (χ2n) is 4.95. The molecule has 20 heavy (non-hydrogen) atoms. The van der Waals surface area contributed by atoms with Gasteiger partial charge in [0.15, 0.2) is 9.84 Å². The molecule has 1 aliphatic heterocycles. The van der Waals surface area contributed by atoms with Crippen molar-refractivity contribution >= 4 is 15.5 Å². The average Bonchev–Trinajstić information content (AvgIpc) is 2.93. The van der Waals surface area contributed by atoms with Crippen molar-refractivity contribution in [2.45, 2.75) is 12.5 Å². The van der Waals surface area contributed by atoms with Gasteiger partial charge in [-0.3, -0.25) is 4.68 Å². The number of aromatic nitrogens is 2. The minimum atomic E-state index is -3.00. The quantitative estimate of drug-likeness (QED) is 0.913. The molecule has 0 aliphatic carbocycles. The van der Waals surface area contributed by atoms with Crippen molar-refractivity contribution in [3.8, 4) is 11.3 Å². The van der Waals surface area contributed by atoms with Crippen LogP contribution in [-0.4, -0.2) is 29.7 Å². The SMILES string of the molecule is Nc1cn(C2CCS(=O)(=O)C2)nc1-c1ccccc1F. The number of hydrogen-bond acceptors (Lipinski definition) is 4. The summed E-state index contributed by atoms with van der Waals surface area (Å²) in [4.78, 5) is 0. The van der Waals surface area contributed by atoms with E-state index in [-0.39, 0.29) is 17.5 Å². The van der Waals surface area contributed by atoms with Gasteiger partial charge in [-0.15, -0.1) is 0 Å². The third kappa shape index (κ3) is 2.29. The highest BCUT2D eigenvalue weighted by molar-refractivity contribution is 7.91. The molecular formula is C13H14FN3O2S. The molecule has 1 atom stereocenters. The molecule has 1 aliphatic rings. The summed E-state index contributed by atoms with van der Waals surface area (Å²) in [6.07, 6.45) is 2.09. The highest BCUT2D eigenvalue weighted by atomic mass is 32.2. The zero-order valence-electron chi connectivity index (χ0n) is 10.7. The number of nitrogens with zero attached hydrogens (tertiary/aromatic N) is 2. The van der Waals surface area contributed by atoms with Gasteiger partial charge in [-0.05, 0) is 18.6 Å². The van der Waals surface area contributed by atoms with Crippen LogP contribution in [0.5, 0.6) is 0 Å². The van der Waals surface area contributed by atoms with E-state index < -0.39 is 15.7 Å². The van der Waals surface area contributed by atoms with Crippen LogP contribution in [0.2, 0.25) is 0 Å². The molecular weight excluding hydrogens is 281 g/mol. The fourth-order valence-corrected chi connectivity index (χ4v) is 4.14. The van der Waals surface area contributed by atoms with Gasteiger partial charge < -0.3 is 5.73 Å². The molecule has 0 amide bonds. The molecule has 0 bridgehead atoms. The van der Waals surface area contributed by atoms with Crippen LogP contribution in [0.4, 0.5) is 10.1 Å². The molecule has 1 fully saturated rings. The lowest BCUT2D eigenvalue weighted by molar-refractivity contribution is 0.500. The summed E-state index contributed by atoms with van der Waals surface area (Å²) in [6.45, 7) is 0. The highest BCUT2D eigenvalue weighted by Crippen LogP contribution is 2.30. The lowest BCUT2D eigenvalue weighted by Crippen LogP contribution is -2.11. The number of benzene rings is 1. The number of rotatable bonds is 2. The first-order valence-electron chi connectivity index (χ1n) is 6.26. The molecule has 3 rings (SSSR count). The van der Waals surface area contributed by atoms with Crippen molar-refractivity contribution in [2.24, 2.45) is 0 Å². The van der Waals surface area contributed by atoms with Gasteiger partial charge in [0.2, 0.25) is 0 Å². The number of anilines is 1. The van der Waals surface area contributed by atoms with Crippen LogP contribution in [0, 0.1) is 5.82 Å². The first-order valence-corrected chi connectivity index (χ1v) is 8.08. The Morgan fingerprint density at radius 3 is 2.75 bits per heavy atom. The molecule has 2 aromatic rings. The lowest BCUT2D eigenvalue weighted by atomic mass is 10.1. The molecule has 1 unspecified atom stereocenters. The summed E-state index contributed by atoms with van der Waals surface area (Å²) in [5.41, 5.74) is 6.90. The fraction of sp³-hybridized carbons (Fsp3) is 0.308. The molecule has 0 radical (unpaired) electrons. The monoisotopic (exact) mass is 295 g/mol. The zero-order valence-corrected chi connectivity index (χ0v) is 11.5. The molecule has 1 saturated heterocycles. The standard InChI is InChI=1S/C13H14FN3O2S/c14-11-4-2-1-3-10(11)13-12(15)7-17(16-13)9-5-6-20(18,19)8-9/h1-4,7,9H,5-6,8,15H2. The lowest BCUT2D eigenvalue weighted by Gasteiger charge is -2.07. The Bertz CT molecular complexity index is 755. The maximum Gasteiger partial charge on any atom is 0.152 e. The Morgan fingerprint density at radius 2 is 2.10 bits per heavy atom. The predicted octanol–water partition coefficient (Wildman–Crippen LogP) is 1.63. The van der Waals surface area contributed by atoms with E-state index in [1.54, 1.807) is 29.1 Å². The first-order chi connectivity index (χ1) is 9.46. The second kappa shape index (κ2) is 4.59. The minimum absolute atomic E-state index is 0.0603. The largest absolute Gasteiger partial charge is 0.396 e. The van der Waals surface area contributed by atoms with Crippen molar-refractivity contribution in [3.05, 3.63) is 36.3 Å². The molecule has 7 heteroatoms. The summed E-state index contributed by atoms with van der Waals surface area (Å²) in [6, 6.07) is 6.02. The van der Waals surface area contributed by atoms with Gasteiger partial charge in [0.1, 0.15) is 11.5 Å². The van der Waals surface area contributed by atoms with E-state index in [4.69, 9.17) is 5.73 Å². The maximum atomic E-state index is 13.8. The van der Waals surface area contributed by atoms with Gasteiger partial charge in [0.05, 0.1) is 23.2 Å². The van der Waals surface area contributed by atoms with Crippen LogP contribution >= 0.6 is 0 Å². The number of halogens is 1. The predicted molar refractivity (Wildman–Crippen MR) is 74.3 cm³/mol. The zero-order chi connectivity index (χ0) is 14.3. The van der Waals surface area contributed by atoms with Crippen LogP contribution in [0.25, 0.3) is 11.3 Å². The van der Waals surface area contributed by atoms with Crippen LogP contribution < -0.4 is 5.73 Å². The second-order valence-corrected chi connectivity index (χ2v) is 7.18. The normalized spacial score (nSPS) is 21.1. The molecule has 5 nitrogen and oxygen atoms in total. The van der Waals surface area contributed by atoms with Crippen molar-refractivity contribution in [3.63, 3.8) is 0 Å². The molecule has 106 valence electrons. The van der Waals surface area contributed by atoms with Gasteiger partial charge in [-0.25, -0.2) is 12.8 Å². The molecule has 1 aromatic heterocycles. The Hall–Kier alpha value is -1.89. The number of nitrogen functional groups attached to an aromatic ring is 1. The third-order valence-corrected chi connectivity index (χ3v) is 5.22. The molecule has 0 saturated carbocycles. The summed E-state index contributed by atoms with van der Waals surface area (Å²) >= 11 is 0. The Labute approximate surface area is 116 Å². The number of sulfone groups is 1. The molecule has 0 spiro atoms. The fourth-order valence-electron chi connectivity index (χ4n) is 2.44. The molecule has 1 aromatic carbocycles. The smallest absolute Gasteiger partial charge is 0.152 e. The molecule has 2 N–H and O–H groups in total. The molecule has 2 heterocycles. The van der Waals surface area contributed by atoms with E-state index in [0.29, 0.717) is 23.4 Å². The van der Waals surface area contributed by atoms with E-state index >= 15 is 0 Å². The van der Waals surface area contributed by atoms with Gasteiger partial charge in [0.25, 0.3) is 0 Å². The summed E-state index contributed by atoms with van der Waals surface area (Å²) in [7, 11) is -3.00. The highest BCUT2D eigenvalue weighted by Gasteiger charge is 2.30. The van der Waals surface area contributed by atoms with Crippen LogP contribution in [0.15, 0.2) is 30.5 Å². The third-order valence-electron chi connectivity index (χ3n) is 3.47. The van der Waals surface area contributed by atoms with E-state index in [1.165, 1.54) is 6.07 Å². The van der Waals surface area contributed by atoms with Crippen molar-refractivity contribution in [1.82, 2.24) is 9.78 Å². The number of hydrogen-bond donors (Lipinski definition) is 1. The van der Waals surface area contributed by atoms with Gasteiger partial charge >= 0.3 is 0 Å². The minimum Gasteiger partial charge on any atom is -0.396 e. The van der Waals surface area contributed by atoms with Crippen molar-refractivity contribution in [2.75, 3.05) is 17.2 Å². The van der Waals surface area contributed by atoms with E-state index in [2.05, 4.69) is 5.10 Å². The van der Waals surface area contributed by atoms with Crippen molar-refractivity contribution in [1.29, 1.82) is 0 Å². The first kappa shape index (κ1) is 13.1. The summed E-state index contributed by atoms with van der Waals surface area (Å²) < 4.78 is 38.3. The van der Waals surface area contributed by atoms with Crippen LogP contribution in [0.3, 0.4) is 0 Å². The van der Waals surface area contributed by atoms with Gasteiger partial charge in [-0.2, -0.15) is 5.10 Å². The average molecular weight is 295 g/mol. The number of nitrogens with two attached hydrogens (primary N) is 1. The maximum absolute atomic E-state index is 13.8. The van der Waals surface area contributed by atoms with E-state index in [1.807, 2.05) is 0 Å². The van der Waals surface area contributed by atoms with E-state index in [9.17, 15) is 12.8 Å². The summed E-state index contributed by atoms with van der Waals surface area (Å²) in [5.74, 6) is -0.180. The van der Waals surface area contributed by atoms with Gasteiger partial charge in [0, 0.05) is 11.8 Å². The Morgan fingerprint density at radius 1 is 1.35 bits per heavy atom. The van der Waals surface area contributed by atoms with Crippen LogP contribution in [0.1, 0.15) is 12.5 Å². The Balaban J connectivity index is 1.98. The van der Waals surface area contributed by atoms with Gasteiger partial charge in [-0.1, -0.05) is 12.1 Å².